The van der Waals surface area contributed by atoms with Crippen LogP contribution < -0.4 is 20.9 Å². The Morgan fingerprint density at radius 2 is 1.51 bits per heavy atom. The maximum atomic E-state index is 14.0. The molecule has 1 heterocycles. The summed E-state index contributed by atoms with van der Waals surface area (Å²) in [5, 5.41) is 9.90. The lowest BCUT2D eigenvalue weighted by Gasteiger charge is -2.56. The van der Waals surface area contributed by atoms with Gasteiger partial charge in [0.2, 0.25) is 0 Å². The van der Waals surface area contributed by atoms with Crippen LogP contribution in [0.1, 0.15) is 69.3 Å². The molecule has 5 aliphatic rings. The molecule has 3 N–H and O–H groups in total. The third-order valence-corrected chi connectivity index (χ3v) is 11.9. The van der Waals surface area contributed by atoms with E-state index in [1.54, 1.807) is 0 Å². The van der Waals surface area contributed by atoms with Gasteiger partial charge >= 0.3 is 13.6 Å². The van der Waals surface area contributed by atoms with Gasteiger partial charge in [0.15, 0.2) is 5.78 Å². The van der Waals surface area contributed by atoms with Gasteiger partial charge in [0.1, 0.15) is 0 Å². The first-order valence-corrected chi connectivity index (χ1v) is 17.7. The zero-order valence-electron chi connectivity index (χ0n) is 25.6. The van der Waals surface area contributed by atoms with Crippen LogP contribution in [0.5, 0.6) is 0 Å². The van der Waals surface area contributed by atoms with Gasteiger partial charge < -0.3 is 34.6 Å². The topological polar surface area (TPSA) is 101 Å². The van der Waals surface area contributed by atoms with Crippen molar-refractivity contribution in [3.8, 4) is 0 Å². The minimum atomic E-state index is -3.54. The summed E-state index contributed by atoms with van der Waals surface area (Å²) in [6.45, 7) is 7.78. The first-order valence-electron chi connectivity index (χ1n) is 16.1. The van der Waals surface area contributed by atoms with Crippen LogP contribution in [-0.4, -0.2) is 51.1 Å². The largest absolute Gasteiger partial charge is 0.378 e. The first kappa shape index (κ1) is 30.4. The van der Waals surface area contributed by atoms with E-state index in [-0.39, 0.29) is 24.8 Å². The summed E-state index contributed by atoms with van der Waals surface area (Å²) in [7, 11) is -3.54. The average Bonchev–Trinajstić information content (AvgIpc) is 2.99. The van der Waals surface area contributed by atoms with Crippen molar-refractivity contribution in [3.05, 3.63) is 59.7 Å². The lowest BCUT2D eigenvalue weighted by Crippen LogP contribution is -2.61. The molecule has 2 aromatic rings. The predicted molar refractivity (Wildman–Crippen MR) is 169 cm³/mol. The molecule has 7 rings (SSSR count). The number of benzene rings is 2. The van der Waals surface area contributed by atoms with Gasteiger partial charge in [-0.25, -0.2) is 4.79 Å². The van der Waals surface area contributed by atoms with E-state index in [2.05, 4.69) is 33.0 Å². The first-order chi connectivity index (χ1) is 20.9. The van der Waals surface area contributed by atoms with Crippen molar-refractivity contribution in [2.75, 3.05) is 49.7 Å². The van der Waals surface area contributed by atoms with E-state index in [0.29, 0.717) is 19.8 Å². The van der Waals surface area contributed by atoms with Crippen molar-refractivity contribution in [2.45, 2.75) is 70.2 Å². The molecule has 2 amide bonds. The minimum absolute atomic E-state index is 0.00290. The molecule has 1 atom stereocenters. The van der Waals surface area contributed by atoms with Crippen molar-refractivity contribution in [1.82, 2.24) is 10.6 Å². The number of hydrogen-bond acceptors (Lipinski definition) is 7. The SMILES string of the molecule is CCOP(=O)(OCC)C(Nc1ccc(CNC(=O)NC23CC4CC(CC(C4)C2)C3)cc1)c1ccc(N2CCOCC2)cc1. The fourth-order valence-electron chi connectivity index (χ4n) is 8.19. The molecule has 5 fully saturated rings. The van der Waals surface area contributed by atoms with Crippen molar-refractivity contribution in [3.63, 3.8) is 0 Å². The van der Waals surface area contributed by atoms with Gasteiger partial charge in [-0.05, 0) is 106 Å². The summed E-state index contributed by atoms with van der Waals surface area (Å²) >= 11 is 0. The van der Waals surface area contributed by atoms with Crippen molar-refractivity contribution in [1.29, 1.82) is 0 Å². The average molecular weight is 611 g/mol. The van der Waals surface area contributed by atoms with Crippen LogP contribution in [0.3, 0.4) is 0 Å². The van der Waals surface area contributed by atoms with E-state index in [9.17, 15) is 9.36 Å². The molecule has 1 aliphatic heterocycles. The summed E-state index contributed by atoms with van der Waals surface area (Å²) in [5.41, 5.74) is 3.72. The number of anilines is 2. The molecule has 0 radical (unpaired) electrons. The van der Waals surface area contributed by atoms with Crippen LogP contribution in [0, 0.1) is 17.8 Å². The lowest BCUT2D eigenvalue weighted by molar-refractivity contribution is -0.0135. The van der Waals surface area contributed by atoms with Gasteiger partial charge in [-0.2, -0.15) is 0 Å². The highest BCUT2D eigenvalue weighted by atomic mass is 31.2. The molecule has 4 bridgehead atoms. The highest BCUT2D eigenvalue weighted by Crippen LogP contribution is 2.61. The van der Waals surface area contributed by atoms with Gasteiger partial charge in [-0.1, -0.05) is 24.3 Å². The van der Waals surface area contributed by atoms with E-state index >= 15 is 0 Å². The lowest BCUT2D eigenvalue weighted by atomic mass is 9.53. The Kier molecular flexibility index (Phi) is 9.34. The van der Waals surface area contributed by atoms with E-state index in [1.807, 2.05) is 50.2 Å². The Hall–Kier alpha value is -2.58. The van der Waals surface area contributed by atoms with Crippen LogP contribution in [0.4, 0.5) is 16.2 Å². The smallest absolute Gasteiger partial charge is 0.357 e. The zero-order chi connectivity index (χ0) is 29.9. The number of nitrogens with zero attached hydrogens (tertiary/aromatic N) is 1. The molecule has 0 spiro atoms. The van der Waals surface area contributed by atoms with Crippen LogP contribution in [-0.2, 0) is 24.9 Å². The Balaban J connectivity index is 1.10. The summed E-state index contributed by atoms with van der Waals surface area (Å²) in [5.74, 6) is 1.69. The number of carbonyl (C=O) groups excluding carboxylic acids is 1. The zero-order valence-corrected chi connectivity index (χ0v) is 26.5. The number of carbonyl (C=O) groups is 1. The van der Waals surface area contributed by atoms with Crippen LogP contribution in [0.2, 0.25) is 0 Å². The molecule has 1 unspecified atom stereocenters. The molecule has 1 saturated heterocycles. The maximum absolute atomic E-state index is 14.0. The molecule has 234 valence electrons. The van der Waals surface area contributed by atoms with Crippen molar-refractivity contribution in [2.24, 2.45) is 17.8 Å². The fourth-order valence-corrected chi connectivity index (χ4v) is 10.1. The van der Waals surface area contributed by atoms with Gasteiger partial charge in [-0.3, -0.25) is 4.57 Å². The minimum Gasteiger partial charge on any atom is -0.378 e. The second-order valence-electron chi connectivity index (χ2n) is 12.8. The van der Waals surface area contributed by atoms with Gasteiger partial charge in [-0.15, -0.1) is 0 Å². The van der Waals surface area contributed by atoms with Crippen molar-refractivity contribution < 1.29 is 23.1 Å². The summed E-state index contributed by atoms with van der Waals surface area (Å²) in [6.07, 6.45) is 7.47. The number of nitrogens with one attached hydrogen (secondary N) is 3. The number of morpholine rings is 1. The number of ether oxygens (including phenoxy) is 1. The van der Waals surface area contributed by atoms with E-state index in [4.69, 9.17) is 13.8 Å². The van der Waals surface area contributed by atoms with E-state index in [0.717, 1.165) is 72.6 Å². The van der Waals surface area contributed by atoms with Crippen molar-refractivity contribution >= 4 is 25.0 Å². The summed E-state index contributed by atoms with van der Waals surface area (Å²) in [4.78, 5) is 15.2. The Morgan fingerprint density at radius 1 is 0.930 bits per heavy atom. The van der Waals surface area contributed by atoms with Gasteiger partial charge in [0, 0.05) is 36.5 Å². The highest BCUT2D eigenvalue weighted by molar-refractivity contribution is 7.54. The van der Waals surface area contributed by atoms with E-state index in [1.165, 1.54) is 19.3 Å². The standard InChI is InChI=1S/C33H47N4O5P/c1-3-41-43(39,42-4-2)31(28-7-11-30(12-8-28)37-13-15-40-16-14-37)35-29-9-5-24(6-10-29)23-34-32(38)36-33-20-25-17-26(21-33)19-27(18-25)22-33/h5-12,25-27,31,35H,3-4,13-23H2,1-2H3,(H2,34,36,38). The maximum Gasteiger partial charge on any atom is 0.357 e. The number of amides is 2. The van der Waals surface area contributed by atoms with Crippen LogP contribution in [0.15, 0.2) is 48.5 Å². The molecule has 2 aromatic carbocycles. The third-order valence-electron chi connectivity index (χ3n) is 9.65. The number of rotatable bonds is 12. The highest BCUT2D eigenvalue weighted by Gasteiger charge is 2.51. The fraction of sp³-hybridized carbons (Fsp3) is 0.606. The number of hydrogen-bond donors (Lipinski definition) is 3. The molecule has 10 heteroatoms. The van der Waals surface area contributed by atoms with E-state index < -0.39 is 13.4 Å². The molecule has 4 saturated carbocycles. The quantitative estimate of drug-likeness (QED) is 0.231. The summed E-state index contributed by atoms with van der Waals surface area (Å²) < 4.78 is 31.1. The summed E-state index contributed by atoms with van der Waals surface area (Å²) in [6, 6.07) is 15.9. The molecule has 43 heavy (non-hydrogen) atoms. The second-order valence-corrected chi connectivity index (χ2v) is 14.9. The monoisotopic (exact) mass is 610 g/mol. The predicted octanol–water partition coefficient (Wildman–Crippen LogP) is 6.67. The molecular formula is C33H47N4O5P. The molecule has 4 aliphatic carbocycles. The molecular weight excluding hydrogens is 563 g/mol. The van der Waals surface area contributed by atoms with Gasteiger partial charge in [0.25, 0.3) is 0 Å². The normalized spacial score (nSPS) is 27.1. The van der Waals surface area contributed by atoms with Gasteiger partial charge in [0.05, 0.1) is 26.4 Å². The third kappa shape index (κ3) is 7.06. The van der Waals surface area contributed by atoms with Crippen LogP contribution in [0.25, 0.3) is 0 Å². The molecule has 0 aromatic heterocycles. The second kappa shape index (κ2) is 13.2. The van der Waals surface area contributed by atoms with Crippen LogP contribution >= 0.6 is 7.60 Å². The Labute approximate surface area is 256 Å². The molecule has 9 nitrogen and oxygen atoms in total. The number of urea groups is 1. The Morgan fingerprint density at radius 3 is 2.07 bits per heavy atom. The Bertz CT molecular complexity index is 1240.